The van der Waals surface area contributed by atoms with Crippen molar-refractivity contribution in [2.45, 2.75) is 26.9 Å². The number of rotatable bonds is 4. The number of fused-ring (bicyclic) bond motifs is 1. The van der Waals surface area contributed by atoms with Crippen LogP contribution in [0.5, 0.6) is 5.75 Å². The SMILES string of the molecule is Cc1cccc(O[C@@H](C)C(=O)NNC(=O)c2cc3ccccc3[nH]2)c1C. The zero-order chi connectivity index (χ0) is 18.7. The van der Waals surface area contributed by atoms with Crippen LogP contribution in [-0.4, -0.2) is 22.9 Å². The lowest BCUT2D eigenvalue weighted by atomic mass is 10.1. The molecule has 0 saturated heterocycles. The normalized spacial score (nSPS) is 11.8. The van der Waals surface area contributed by atoms with Crippen molar-refractivity contribution in [1.29, 1.82) is 0 Å². The van der Waals surface area contributed by atoms with Crippen molar-refractivity contribution >= 4 is 22.7 Å². The number of ether oxygens (including phenoxy) is 1. The van der Waals surface area contributed by atoms with Gasteiger partial charge in [0, 0.05) is 10.9 Å². The number of hydrazine groups is 1. The van der Waals surface area contributed by atoms with Gasteiger partial charge in [0.1, 0.15) is 11.4 Å². The molecule has 0 saturated carbocycles. The third kappa shape index (κ3) is 3.69. The zero-order valence-corrected chi connectivity index (χ0v) is 14.9. The second kappa shape index (κ2) is 7.31. The van der Waals surface area contributed by atoms with Gasteiger partial charge in [-0.15, -0.1) is 0 Å². The number of aromatic amines is 1. The van der Waals surface area contributed by atoms with Crippen molar-refractivity contribution in [3.8, 4) is 5.75 Å². The second-order valence-electron chi connectivity index (χ2n) is 6.17. The van der Waals surface area contributed by atoms with E-state index in [1.807, 2.05) is 56.3 Å². The lowest BCUT2D eigenvalue weighted by molar-refractivity contribution is -0.128. The first kappa shape index (κ1) is 17.5. The summed E-state index contributed by atoms with van der Waals surface area (Å²) >= 11 is 0. The van der Waals surface area contributed by atoms with Crippen molar-refractivity contribution in [1.82, 2.24) is 15.8 Å². The molecule has 2 amide bonds. The Kier molecular flexibility index (Phi) is 4.93. The van der Waals surface area contributed by atoms with Crippen LogP contribution in [0.2, 0.25) is 0 Å². The molecule has 6 heteroatoms. The summed E-state index contributed by atoms with van der Waals surface area (Å²) in [6.45, 7) is 5.55. The lowest BCUT2D eigenvalue weighted by Crippen LogP contribution is -2.47. The van der Waals surface area contributed by atoms with E-state index in [2.05, 4.69) is 15.8 Å². The van der Waals surface area contributed by atoms with Crippen molar-refractivity contribution in [2.75, 3.05) is 0 Å². The number of hydrogen-bond donors (Lipinski definition) is 3. The van der Waals surface area contributed by atoms with E-state index < -0.39 is 17.9 Å². The van der Waals surface area contributed by atoms with Gasteiger partial charge in [-0.05, 0) is 50.1 Å². The first-order valence-corrected chi connectivity index (χ1v) is 8.36. The van der Waals surface area contributed by atoms with E-state index in [9.17, 15) is 9.59 Å². The maximum Gasteiger partial charge on any atom is 0.286 e. The molecular formula is C20H21N3O3. The fraction of sp³-hybridized carbons (Fsp3) is 0.200. The number of carbonyl (C=O) groups is 2. The molecule has 26 heavy (non-hydrogen) atoms. The smallest absolute Gasteiger partial charge is 0.286 e. The number of para-hydroxylation sites is 1. The maximum atomic E-state index is 12.2. The van der Waals surface area contributed by atoms with Gasteiger partial charge in [0.25, 0.3) is 11.8 Å². The Morgan fingerprint density at radius 3 is 2.58 bits per heavy atom. The molecule has 0 fully saturated rings. The highest BCUT2D eigenvalue weighted by Gasteiger charge is 2.17. The fourth-order valence-electron chi connectivity index (χ4n) is 2.58. The molecule has 0 bridgehead atoms. The molecule has 0 radical (unpaired) electrons. The molecule has 1 heterocycles. The quantitative estimate of drug-likeness (QED) is 0.632. The fourth-order valence-corrected chi connectivity index (χ4v) is 2.58. The van der Waals surface area contributed by atoms with Gasteiger partial charge in [-0.1, -0.05) is 30.3 Å². The minimum atomic E-state index is -0.751. The molecule has 0 aliphatic rings. The topological polar surface area (TPSA) is 83.2 Å². The lowest BCUT2D eigenvalue weighted by Gasteiger charge is -2.17. The van der Waals surface area contributed by atoms with Crippen LogP contribution in [0.1, 0.15) is 28.5 Å². The van der Waals surface area contributed by atoms with E-state index in [-0.39, 0.29) is 0 Å². The van der Waals surface area contributed by atoms with E-state index in [4.69, 9.17) is 4.74 Å². The first-order valence-electron chi connectivity index (χ1n) is 8.36. The highest BCUT2D eigenvalue weighted by Crippen LogP contribution is 2.21. The predicted octanol–water partition coefficient (Wildman–Crippen LogP) is 3.01. The molecule has 0 aliphatic heterocycles. The summed E-state index contributed by atoms with van der Waals surface area (Å²) < 4.78 is 5.70. The summed E-state index contributed by atoms with van der Waals surface area (Å²) in [6.07, 6.45) is -0.751. The van der Waals surface area contributed by atoms with Gasteiger partial charge in [-0.25, -0.2) is 0 Å². The zero-order valence-electron chi connectivity index (χ0n) is 14.9. The Labute approximate surface area is 151 Å². The third-order valence-electron chi connectivity index (χ3n) is 4.30. The summed E-state index contributed by atoms with van der Waals surface area (Å²) in [5.41, 5.74) is 8.09. The molecular weight excluding hydrogens is 330 g/mol. The standard InChI is InChI=1S/C20H21N3O3/c1-12-7-6-10-18(13(12)2)26-14(3)19(24)22-23-20(25)17-11-15-8-4-5-9-16(15)21-17/h4-11,14,21H,1-3H3,(H,22,24)(H,23,25)/t14-/m0/s1. The Hall–Kier alpha value is -3.28. The number of aromatic nitrogens is 1. The Balaban J connectivity index is 1.59. The van der Waals surface area contributed by atoms with Gasteiger partial charge in [-0.2, -0.15) is 0 Å². The van der Waals surface area contributed by atoms with Crippen LogP contribution in [0.25, 0.3) is 10.9 Å². The minimum Gasteiger partial charge on any atom is -0.481 e. The van der Waals surface area contributed by atoms with Crippen LogP contribution in [0, 0.1) is 13.8 Å². The molecule has 1 atom stereocenters. The summed E-state index contributed by atoms with van der Waals surface area (Å²) in [6, 6.07) is 15.0. The average Bonchev–Trinajstić information content (AvgIpc) is 3.07. The molecule has 0 unspecified atom stereocenters. The van der Waals surface area contributed by atoms with Gasteiger partial charge >= 0.3 is 0 Å². The molecule has 0 spiro atoms. The molecule has 1 aromatic heterocycles. The van der Waals surface area contributed by atoms with Crippen LogP contribution in [0.15, 0.2) is 48.5 Å². The van der Waals surface area contributed by atoms with Crippen LogP contribution in [0.3, 0.4) is 0 Å². The average molecular weight is 351 g/mol. The van der Waals surface area contributed by atoms with E-state index in [0.29, 0.717) is 11.4 Å². The van der Waals surface area contributed by atoms with E-state index in [0.717, 1.165) is 22.0 Å². The molecule has 0 aliphatic carbocycles. The van der Waals surface area contributed by atoms with E-state index in [1.54, 1.807) is 13.0 Å². The van der Waals surface area contributed by atoms with Gasteiger partial charge in [0.15, 0.2) is 6.10 Å². The predicted molar refractivity (Wildman–Crippen MR) is 99.9 cm³/mol. The molecule has 3 rings (SSSR count). The summed E-state index contributed by atoms with van der Waals surface area (Å²) in [4.78, 5) is 27.4. The third-order valence-corrected chi connectivity index (χ3v) is 4.30. The molecule has 3 aromatic rings. The number of amides is 2. The molecule has 134 valence electrons. The van der Waals surface area contributed by atoms with Gasteiger partial charge in [-0.3, -0.25) is 20.4 Å². The number of aryl methyl sites for hydroxylation is 1. The molecule has 2 aromatic carbocycles. The first-order chi connectivity index (χ1) is 12.5. The van der Waals surface area contributed by atoms with Crippen LogP contribution >= 0.6 is 0 Å². The number of hydrogen-bond acceptors (Lipinski definition) is 3. The van der Waals surface area contributed by atoms with Gasteiger partial charge < -0.3 is 9.72 Å². The van der Waals surface area contributed by atoms with Crippen molar-refractivity contribution in [3.05, 3.63) is 65.4 Å². The van der Waals surface area contributed by atoms with Gasteiger partial charge in [0.05, 0.1) is 0 Å². The van der Waals surface area contributed by atoms with E-state index >= 15 is 0 Å². The van der Waals surface area contributed by atoms with Crippen molar-refractivity contribution < 1.29 is 14.3 Å². The molecule has 3 N–H and O–H groups in total. The largest absolute Gasteiger partial charge is 0.481 e. The summed E-state index contributed by atoms with van der Waals surface area (Å²) in [5.74, 6) is -0.210. The Bertz CT molecular complexity index is 929. The second-order valence-corrected chi connectivity index (χ2v) is 6.17. The number of H-pyrrole nitrogens is 1. The highest BCUT2D eigenvalue weighted by molar-refractivity contribution is 5.98. The van der Waals surface area contributed by atoms with Crippen LogP contribution < -0.4 is 15.6 Å². The van der Waals surface area contributed by atoms with Crippen LogP contribution in [0.4, 0.5) is 0 Å². The highest BCUT2D eigenvalue weighted by atomic mass is 16.5. The number of benzene rings is 2. The van der Waals surface area contributed by atoms with Crippen LogP contribution in [-0.2, 0) is 4.79 Å². The number of carbonyl (C=O) groups excluding carboxylic acids is 2. The summed E-state index contributed by atoms with van der Waals surface area (Å²) in [5, 5.41) is 0.926. The Morgan fingerprint density at radius 2 is 1.81 bits per heavy atom. The van der Waals surface area contributed by atoms with Crippen molar-refractivity contribution in [3.63, 3.8) is 0 Å². The Morgan fingerprint density at radius 1 is 1.04 bits per heavy atom. The summed E-state index contributed by atoms with van der Waals surface area (Å²) in [7, 11) is 0. The molecule has 6 nitrogen and oxygen atoms in total. The maximum absolute atomic E-state index is 12.2. The number of nitrogens with one attached hydrogen (secondary N) is 3. The monoisotopic (exact) mass is 351 g/mol. The van der Waals surface area contributed by atoms with E-state index in [1.165, 1.54) is 0 Å². The van der Waals surface area contributed by atoms with Gasteiger partial charge in [0.2, 0.25) is 0 Å². The minimum absolute atomic E-state index is 0.370. The van der Waals surface area contributed by atoms with Crippen molar-refractivity contribution in [2.24, 2.45) is 0 Å².